The third kappa shape index (κ3) is 6.94. The summed E-state index contributed by atoms with van der Waals surface area (Å²) in [7, 11) is 1.39. The number of carbonyl (C=O) groups excluding carboxylic acids is 1. The van der Waals surface area contributed by atoms with Gasteiger partial charge in [0.2, 0.25) is 0 Å². The molecule has 0 aromatic heterocycles. The third-order valence-corrected chi connectivity index (χ3v) is 7.57. The lowest BCUT2D eigenvalue weighted by Gasteiger charge is -2.19. The SMILES string of the molecule is O=Cc1ccc2c(c1)CCCC(c1ccc(OC(F)(F)P)cc1)=C2c1ccc(OC2CCN(CCCF)C2)cc1. The number of aldehydes is 1. The highest BCUT2D eigenvalue weighted by Gasteiger charge is 2.25. The molecule has 0 radical (unpaired) electrons. The number of halogens is 3. The zero-order chi connectivity index (χ0) is 28.1. The van der Waals surface area contributed by atoms with Crippen LogP contribution in [-0.4, -0.2) is 49.4 Å². The van der Waals surface area contributed by atoms with Crippen molar-refractivity contribution in [2.24, 2.45) is 0 Å². The topological polar surface area (TPSA) is 38.8 Å². The van der Waals surface area contributed by atoms with E-state index >= 15 is 0 Å². The second-order valence-electron chi connectivity index (χ2n) is 10.3. The molecule has 210 valence electrons. The van der Waals surface area contributed by atoms with Crippen LogP contribution in [0.25, 0.3) is 11.1 Å². The van der Waals surface area contributed by atoms with Gasteiger partial charge in [0.05, 0.1) is 6.67 Å². The van der Waals surface area contributed by atoms with E-state index in [-0.39, 0.29) is 18.5 Å². The smallest absolute Gasteiger partial charge is 0.408 e. The van der Waals surface area contributed by atoms with Gasteiger partial charge in [0.25, 0.3) is 0 Å². The molecule has 1 heterocycles. The van der Waals surface area contributed by atoms with E-state index < -0.39 is 5.85 Å². The fourth-order valence-corrected chi connectivity index (χ4v) is 5.79. The van der Waals surface area contributed by atoms with Crippen LogP contribution in [0.4, 0.5) is 13.2 Å². The zero-order valence-corrected chi connectivity index (χ0v) is 23.4. The predicted octanol–water partition coefficient (Wildman–Crippen LogP) is 7.41. The molecule has 1 aliphatic carbocycles. The molecule has 4 nitrogen and oxygen atoms in total. The first-order valence-corrected chi connectivity index (χ1v) is 14.2. The lowest BCUT2D eigenvalue weighted by Crippen LogP contribution is -2.26. The second kappa shape index (κ2) is 12.6. The minimum atomic E-state index is -3.33. The van der Waals surface area contributed by atoms with Gasteiger partial charge >= 0.3 is 5.85 Å². The largest absolute Gasteiger partial charge is 0.489 e. The number of hydrogen-bond donors (Lipinski definition) is 0. The van der Waals surface area contributed by atoms with Crippen molar-refractivity contribution in [2.75, 3.05) is 26.3 Å². The average Bonchev–Trinajstić information content (AvgIpc) is 3.30. The molecule has 0 saturated carbocycles. The summed E-state index contributed by atoms with van der Waals surface area (Å²) in [6.07, 6.45) is 4.91. The molecule has 8 heteroatoms. The van der Waals surface area contributed by atoms with Crippen LogP contribution in [0.3, 0.4) is 0 Å². The normalized spacial score (nSPS) is 17.9. The van der Waals surface area contributed by atoms with Crippen molar-refractivity contribution in [3.05, 3.63) is 94.5 Å². The van der Waals surface area contributed by atoms with Gasteiger partial charge < -0.3 is 9.47 Å². The molecule has 1 fully saturated rings. The number of aryl methyl sites for hydroxylation is 1. The Balaban J connectivity index is 1.47. The Morgan fingerprint density at radius 2 is 1.70 bits per heavy atom. The van der Waals surface area contributed by atoms with E-state index in [4.69, 9.17) is 9.47 Å². The van der Waals surface area contributed by atoms with Gasteiger partial charge in [-0.15, -0.1) is 0 Å². The maximum atomic E-state index is 13.3. The van der Waals surface area contributed by atoms with Crippen molar-refractivity contribution < 1.29 is 27.4 Å². The molecule has 0 amide bonds. The molecule has 3 aromatic rings. The third-order valence-electron chi connectivity index (χ3n) is 7.45. The van der Waals surface area contributed by atoms with Gasteiger partial charge in [-0.1, -0.05) is 36.4 Å². The summed E-state index contributed by atoms with van der Waals surface area (Å²) in [5.74, 6) is -2.46. The molecule has 0 bridgehead atoms. The first kappa shape index (κ1) is 28.4. The van der Waals surface area contributed by atoms with E-state index in [2.05, 4.69) is 17.0 Å². The van der Waals surface area contributed by atoms with Gasteiger partial charge in [0, 0.05) is 25.2 Å². The van der Waals surface area contributed by atoms with Crippen LogP contribution in [0, 0.1) is 0 Å². The fourth-order valence-electron chi connectivity index (χ4n) is 5.65. The molecule has 40 heavy (non-hydrogen) atoms. The van der Waals surface area contributed by atoms with Gasteiger partial charge in [0.15, 0.2) is 0 Å². The Labute approximate surface area is 235 Å². The van der Waals surface area contributed by atoms with E-state index in [0.29, 0.717) is 12.0 Å². The predicted molar refractivity (Wildman–Crippen MR) is 155 cm³/mol. The number of alkyl halides is 3. The van der Waals surface area contributed by atoms with Crippen LogP contribution in [-0.2, 0) is 6.42 Å². The van der Waals surface area contributed by atoms with Crippen molar-refractivity contribution in [2.45, 2.75) is 44.1 Å². The summed E-state index contributed by atoms with van der Waals surface area (Å²) in [5.41, 5.74) is 6.91. The summed E-state index contributed by atoms with van der Waals surface area (Å²) < 4.78 is 50.2. The number of benzene rings is 3. The van der Waals surface area contributed by atoms with Crippen LogP contribution < -0.4 is 9.47 Å². The van der Waals surface area contributed by atoms with Gasteiger partial charge in [-0.25, -0.2) is 0 Å². The lowest BCUT2D eigenvalue weighted by molar-refractivity contribution is -0.0892. The summed E-state index contributed by atoms with van der Waals surface area (Å²) in [4.78, 5) is 13.7. The number of nitrogens with zero attached hydrogens (tertiary/aromatic N) is 1. The molecule has 2 unspecified atom stereocenters. The lowest BCUT2D eigenvalue weighted by atomic mass is 9.87. The minimum absolute atomic E-state index is 0.0789. The van der Waals surface area contributed by atoms with Gasteiger partial charge in [-0.3, -0.25) is 14.1 Å². The second-order valence-corrected chi connectivity index (χ2v) is 11.0. The molecule has 0 spiro atoms. The Kier molecular flexibility index (Phi) is 8.92. The molecular weight excluding hydrogens is 534 g/mol. The molecular formula is C32H33F3NO3P. The molecule has 0 N–H and O–H groups in total. The molecule has 1 aliphatic heterocycles. The van der Waals surface area contributed by atoms with Crippen molar-refractivity contribution in [3.8, 4) is 11.5 Å². The zero-order valence-electron chi connectivity index (χ0n) is 22.3. The molecule has 2 atom stereocenters. The first-order valence-electron chi connectivity index (χ1n) is 13.7. The van der Waals surface area contributed by atoms with Crippen molar-refractivity contribution in [3.63, 3.8) is 0 Å². The Bertz CT molecular complexity index is 1350. The molecule has 3 aromatic carbocycles. The first-order chi connectivity index (χ1) is 19.3. The van der Waals surface area contributed by atoms with Crippen molar-refractivity contribution in [1.29, 1.82) is 0 Å². The Morgan fingerprint density at radius 3 is 2.40 bits per heavy atom. The maximum Gasteiger partial charge on any atom is 0.408 e. The van der Waals surface area contributed by atoms with Crippen LogP contribution in [0.15, 0.2) is 66.7 Å². The van der Waals surface area contributed by atoms with Crippen molar-refractivity contribution in [1.82, 2.24) is 4.90 Å². The number of fused-ring (bicyclic) bond motifs is 1. The number of likely N-dealkylation sites (tertiary alicyclic amines) is 1. The van der Waals surface area contributed by atoms with E-state index in [0.717, 1.165) is 90.8 Å². The highest BCUT2D eigenvalue weighted by Crippen LogP contribution is 2.41. The van der Waals surface area contributed by atoms with Gasteiger partial charge in [0.1, 0.15) is 23.9 Å². The van der Waals surface area contributed by atoms with Gasteiger partial charge in [-0.05, 0) is 105 Å². The fraction of sp³-hybridized carbons (Fsp3) is 0.344. The van der Waals surface area contributed by atoms with E-state index in [9.17, 15) is 18.0 Å². The summed E-state index contributed by atoms with van der Waals surface area (Å²) in [6.45, 7) is 2.17. The van der Waals surface area contributed by atoms with Crippen LogP contribution in [0.1, 0.15) is 58.3 Å². The average molecular weight is 568 g/mol. The van der Waals surface area contributed by atoms with Crippen LogP contribution >= 0.6 is 9.24 Å². The highest BCUT2D eigenvalue weighted by molar-refractivity contribution is 7.17. The monoisotopic (exact) mass is 567 g/mol. The molecule has 5 rings (SSSR count). The number of rotatable bonds is 10. The Morgan fingerprint density at radius 1 is 0.975 bits per heavy atom. The quantitative estimate of drug-likeness (QED) is 0.189. The Hall–Kier alpha value is -3.15. The summed E-state index contributed by atoms with van der Waals surface area (Å²) in [5, 5.41) is 0. The summed E-state index contributed by atoms with van der Waals surface area (Å²) >= 11 is 0. The molecule has 2 aliphatic rings. The van der Waals surface area contributed by atoms with E-state index in [1.807, 2.05) is 42.5 Å². The van der Waals surface area contributed by atoms with Crippen molar-refractivity contribution >= 4 is 26.7 Å². The number of allylic oxidation sites excluding steroid dienone is 1. The minimum Gasteiger partial charge on any atom is -0.489 e. The maximum absolute atomic E-state index is 13.3. The van der Waals surface area contributed by atoms with E-state index in [1.54, 1.807) is 12.1 Å². The number of ether oxygens (including phenoxy) is 2. The number of carbonyl (C=O) groups is 1. The van der Waals surface area contributed by atoms with Gasteiger partial charge in [-0.2, -0.15) is 8.78 Å². The van der Waals surface area contributed by atoms with E-state index in [1.165, 1.54) is 9.24 Å². The van der Waals surface area contributed by atoms with Crippen LogP contribution in [0.2, 0.25) is 0 Å². The molecule has 1 saturated heterocycles. The standard InChI is InChI=1S/C32H33F3NO3P/c33-16-2-17-36-18-15-28(20-36)38-26-10-8-24(9-11-26)31-29(23-6-12-27(13-7-23)39-32(34,35)40)4-1-3-25-19-22(21-37)5-14-30(25)31/h5-14,19,21,28H,1-4,15-18,20,40H2. The highest BCUT2D eigenvalue weighted by atomic mass is 31.0. The summed E-state index contributed by atoms with van der Waals surface area (Å²) in [6, 6.07) is 20.6. The van der Waals surface area contributed by atoms with Crippen LogP contribution in [0.5, 0.6) is 11.5 Å². The number of hydrogen-bond acceptors (Lipinski definition) is 4.